The Morgan fingerprint density at radius 2 is 2.00 bits per heavy atom. The van der Waals surface area contributed by atoms with Gasteiger partial charge in [-0.25, -0.2) is 0 Å². The third-order valence-corrected chi connectivity index (χ3v) is 4.33. The van der Waals surface area contributed by atoms with E-state index in [1.165, 1.54) is 32.1 Å². The van der Waals surface area contributed by atoms with Gasteiger partial charge in [-0.05, 0) is 43.9 Å². The Morgan fingerprint density at radius 1 is 1.16 bits per heavy atom. The topological polar surface area (TPSA) is 63.0 Å². The van der Waals surface area contributed by atoms with Crippen LogP contribution in [0.2, 0.25) is 0 Å². The van der Waals surface area contributed by atoms with E-state index in [2.05, 4.69) is 34.7 Å². The lowest BCUT2D eigenvalue weighted by Crippen LogP contribution is -2.33. The Hall–Kier alpha value is -1.10. The van der Waals surface area contributed by atoms with E-state index >= 15 is 0 Å². The van der Waals surface area contributed by atoms with Gasteiger partial charge in [-0.3, -0.25) is 0 Å². The van der Waals surface area contributed by atoms with Crippen LogP contribution in [0.3, 0.4) is 0 Å². The maximum atomic E-state index is 5.64. The summed E-state index contributed by atoms with van der Waals surface area (Å²) in [7, 11) is 0. The van der Waals surface area contributed by atoms with Crippen LogP contribution >= 0.6 is 0 Å². The van der Waals surface area contributed by atoms with Crippen LogP contribution in [0.1, 0.15) is 51.8 Å². The fraction of sp³-hybridized carbons (Fsp3) is 0.857. The molecule has 2 aliphatic carbocycles. The molecule has 0 aromatic carbocycles. The highest BCUT2D eigenvalue weighted by Crippen LogP contribution is 2.30. The summed E-state index contributed by atoms with van der Waals surface area (Å²) in [6.45, 7) is 5.33. The first-order valence-corrected chi connectivity index (χ1v) is 7.53. The molecular weight excluding hydrogens is 240 g/mol. The summed E-state index contributed by atoms with van der Waals surface area (Å²) in [4.78, 5) is 0. The molecule has 0 bridgehead atoms. The molecule has 3 unspecified atom stereocenters. The third kappa shape index (κ3) is 3.47. The summed E-state index contributed by atoms with van der Waals surface area (Å²) >= 11 is 0. The largest absolute Gasteiger partial charge is 0.407 e. The molecule has 0 amide bonds. The summed E-state index contributed by atoms with van der Waals surface area (Å²) < 4.78 is 5.64. The van der Waals surface area contributed by atoms with Crippen molar-refractivity contribution in [2.24, 2.45) is 11.8 Å². The van der Waals surface area contributed by atoms with Gasteiger partial charge in [0, 0.05) is 12.1 Å². The average molecular weight is 264 g/mol. The van der Waals surface area contributed by atoms with Crippen LogP contribution < -0.4 is 10.6 Å². The number of hydrogen-bond acceptors (Lipinski definition) is 5. The van der Waals surface area contributed by atoms with Gasteiger partial charge in [0.2, 0.25) is 5.89 Å². The van der Waals surface area contributed by atoms with Crippen molar-refractivity contribution in [2.45, 2.75) is 64.6 Å². The lowest BCUT2D eigenvalue weighted by atomic mass is 9.80. The van der Waals surface area contributed by atoms with Gasteiger partial charge in [-0.1, -0.05) is 18.9 Å². The van der Waals surface area contributed by atoms with Crippen molar-refractivity contribution in [3.05, 3.63) is 5.89 Å². The Kier molecular flexibility index (Phi) is 3.73. The van der Waals surface area contributed by atoms with E-state index in [1.54, 1.807) is 0 Å². The second-order valence-electron chi connectivity index (χ2n) is 6.30. The second kappa shape index (κ2) is 5.49. The molecule has 0 aliphatic heterocycles. The van der Waals surface area contributed by atoms with E-state index < -0.39 is 0 Å². The first-order chi connectivity index (χ1) is 9.20. The number of anilines is 1. The molecule has 1 heterocycles. The minimum absolute atomic E-state index is 0.473. The minimum Gasteiger partial charge on any atom is -0.407 e. The maximum Gasteiger partial charge on any atom is 0.315 e. The molecule has 1 aromatic rings. The van der Waals surface area contributed by atoms with Crippen molar-refractivity contribution in [3.8, 4) is 0 Å². The van der Waals surface area contributed by atoms with Crippen molar-refractivity contribution >= 4 is 6.01 Å². The lowest BCUT2D eigenvalue weighted by molar-refractivity contribution is 0.273. The van der Waals surface area contributed by atoms with E-state index in [9.17, 15) is 0 Å². The highest BCUT2D eigenvalue weighted by atomic mass is 16.4. The molecule has 0 saturated heterocycles. The molecule has 1 aromatic heterocycles. The van der Waals surface area contributed by atoms with Crippen molar-refractivity contribution in [2.75, 3.05) is 5.32 Å². The van der Waals surface area contributed by atoms with E-state index in [1.807, 2.05) is 0 Å². The highest BCUT2D eigenvalue weighted by molar-refractivity contribution is 5.20. The molecule has 2 fully saturated rings. The molecule has 19 heavy (non-hydrogen) atoms. The van der Waals surface area contributed by atoms with Crippen LogP contribution in [0.4, 0.5) is 6.01 Å². The molecule has 5 heteroatoms. The fourth-order valence-electron chi connectivity index (χ4n) is 2.94. The summed E-state index contributed by atoms with van der Waals surface area (Å²) in [6, 6.07) is 1.73. The molecule has 0 spiro atoms. The maximum absolute atomic E-state index is 5.64. The summed E-state index contributed by atoms with van der Waals surface area (Å²) in [5.41, 5.74) is 0. The second-order valence-corrected chi connectivity index (χ2v) is 6.30. The van der Waals surface area contributed by atoms with E-state index in [0.717, 1.165) is 5.92 Å². The number of aromatic nitrogens is 2. The van der Waals surface area contributed by atoms with E-state index in [0.29, 0.717) is 36.5 Å². The molecule has 3 rings (SSSR count). The predicted octanol–water partition coefficient (Wildman–Crippen LogP) is 2.56. The molecule has 3 atom stereocenters. The Morgan fingerprint density at radius 3 is 2.74 bits per heavy atom. The minimum atomic E-state index is 0.473. The zero-order valence-corrected chi connectivity index (χ0v) is 11.9. The van der Waals surface area contributed by atoms with E-state index in [4.69, 9.17) is 4.42 Å². The molecule has 106 valence electrons. The normalized spacial score (nSPS) is 31.4. The first kappa shape index (κ1) is 12.9. The van der Waals surface area contributed by atoms with Crippen molar-refractivity contribution in [3.63, 3.8) is 0 Å². The average Bonchev–Trinajstić information content (AvgIpc) is 3.10. The Labute approximate surface area is 114 Å². The van der Waals surface area contributed by atoms with Crippen LogP contribution in [-0.2, 0) is 6.54 Å². The van der Waals surface area contributed by atoms with Crippen molar-refractivity contribution < 1.29 is 4.42 Å². The van der Waals surface area contributed by atoms with Crippen LogP contribution in [0.25, 0.3) is 0 Å². The molecule has 5 nitrogen and oxygen atoms in total. The number of nitrogens with one attached hydrogen (secondary N) is 2. The molecule has 2 aliphatic rings. The van der Waals surface area contributed by atoms with Gasteiger partial charge in [-0.2, -0.15) is 0 Å². The summed E-state index contributed by atoms with van der Waals surface area (Å²) in [5.74, 6) is 2.20. The van der Waals surface area contributed by atoms with Gasteiger partial charge in [0.05, 0.1) is 6.54 Å². The fourth-order valence-corrected chi connectivity index (χ4v) is 2.94. The Bertz CT molecular complexity index is 415. The number of rotatable bonds is 5. The number of hydrogen-bond donors (Lipinski definition) is 2. The van der Waals surface area contributed by atoms with Crippen LogP contribution in [0.15, 0.2) is 4.42 Å². The zero-order valence-electron chi connectivity index (χ0n) is 11.9. The van der Waals surface area contributed by atoms with Crippen LogP contribution in [-0.4, -0.2) is 22.3 Å². The lowest BCUT2D eigenvalue weighted by Gasteiger charge is -2.32. The molecule has 2 N–H and O–H groups in total. The van der Waals surface area contributed by atoms with Gasteiger partial charge in [0.1, 0.15) is 0 Å². The third-order valence-electron chi connectivity index (χ3n) is 4.33. The SMILES string of the molecule is CC1CCC(Nc2nnc(CNC3CC3)o2)C(C)C1. The molecular formula is C14H24N4O. The monoisotopic (exact) mass is 264 g/mol. The predicted molar refractivity (Wildman–Crippen MR) is 73.7 cm³/mol. The van der Waals surface area contributed by atoms with Gasteiger partial charge < -0.3 is 15.1 Å². The van der Waals surface area contributed by atoms with Crippen LogP contribution in [0.5, 0.6) is 0 Å². The summed E-state index contributed by atoms with van der Waals surface area (Å²) in [5, 5.41) is 15.0. The van der Waals surface area contributed by atoms with Gasteiger partial charge in [0.25, 0.3) is 0 Å². The number of nitrogens with zero attached hydrogens (tertiary/aromatic N) is 2. The van der Waals surface area contributed by atoms with Crippen molar-refractivity contribution in [1.29, 1.82) is 0 Å². The summed E-state index contributed by atoms with van der Waals surface area (Å²) in [6.07, 6.45) is 6.31. The molecule has 0 radical (unpaired) electrons. The highest BCUT2D eigenvalue weighted by Gasteiger charge is 2.26. The standard InChI is InChI=1S/C14H24N4O/c1-9-3-6-12(10(2)7-9)16-14-18-17-13(19-14)8-15-11-4-5-11/h9-12,15H,3-8H2,1-2H3,(H,16,18). The van der Waals surface area contributed by atoms with Gasteiger partial charge >= 0.3 is 6.01 Å². The van der Waals surface area contributed by atoms with E-state index in [-0.39, 0.29) is 0 Å². The quantitative estimate of drug-likeness (QED) is 0.855. The Balaban J connectivity index is 1.51. The molecule has 2 saturated carbocycles. The smallest absolute Gasteiger partial charge is 0.315 e. The van der Waals surface area contributed by atoms with Gasteiger partial charge in [-0.15, -0.1) is 5.10 Å². The first-order valence-electron chi connectivity index (χ1n) is 7.53. The zero-order chi connectivity index (χ0) is 13.2. The van der Waals surface area contributed by atoms with Crippen molar-refractivity contribution in [1.82, 2.24) is 15.5 Å². The van der Waals surface area contributed by atoms with Gasteiger partial charge in [0.15, 0.2) is 0 Å². The van der Waals surface area contributed by atoms with Crippen LogP contribution in [0, 0.1) is 11.8 Å².